The third-order valence-corrected chi connectivity index (χ3v) is 6.18. The quantitative estimate of drug-likeness (QED) is 0.630. The first-order valence-electron chi connectivity index (χ1n) is 7.88. The zero-order valence-corrected chi connectivity index (χ0v) is 15.2. The van der Waals surface area contributed by atoms with E-state index in [1.54, 1.807) is 13.0 Å². The van der Waals surface area contributed by atoms with Crippen molar-refractivity contribution < 1.29 is 22.9 Å². The van der Waals surface area contributed by atoms with Crippen LogP contribution in [0, 0.1) is 17.0 Å². The van der Waals surface area contributed by atoms with Crippen LogP contribution in [0.3, 0.4) is 0 Å². The maximum Gasteiger partial charge on any atom is 0.269 e. The number of nitro groups is 1. The number of hydrogen-bond acceptors (Lipinski definition) is 6. The Kier molecular flexibility index (Phi) is 4.44. The van der Waals surface area contributed by atoms with E-state index >= 15 is 0 Å². The van der Waals surface area contributed by atoms with Crippen molar-refractivity contribution in [1.29, 1.82) is 0 Å². The van der Waals surface area contributed by atoms with E-state index in [0.29, 0.717) is 15.6 Å². The van der Waals surface area contributed by atoms with Gasteiger partial charge >= 0.3 is 0 Å². The minimum absolute atomic E-state index is 0.0173. The Labute approximate surface area is 154 Å². The molecule has 0 saturated heterocycles. The molecule has 2 aromatic rings. The molecule has 3 rings (SSSR count). The van der Waals surface area contributed by atoms with Gasteiger partial charge in [0.05, 0.1) is 10.5 Å². The van der Waals surface area contributed by atoms with E-state index in [-0.39, 0.29) is 16.1 Å². The number of sulfonamides is 1. The monoisotopic (exact) mass is 389 g/mol. The molecule has 10 heteroatoms. The van der Waals surface area contributed by atoms with Gasteiger partial charge < -0.3 is 5.32 Å². The Morgan fingerprint density at radius 2 is 1.89 bits per heavy atom. The number of benzene rings is 2. The lowest BCUT2D eigenvalue weighted by Crippen LogP contribution is -2.45. The molecular formula is C17H15N3O6S. The largest absolute Gasteiger partial charge is 0.324 e. The molecule has 0 bridgehead atoms. The number of nitrogens with zero attached hydrogens (tertiary/aromatic N) is 2. The number of anilines is 1. The zero-order chi connectivity index (χ0) is 19.9. The standard InChI is InChI=1S/C17H15N3O6S/c1-10-9-12(20(23)24)7-8-14(10)18-16(21)11(2)19-17(22)13-5-3-4-6-15(13)27(19,25)26/h3-9,11H,1-2H3,(H,18,21)/t11-/m0/s1. The molecular weight excluding hydrogens is 374 g/mol. The van der Waals surface area contributed by atoms with Gasteiger partial charge in [0.25, 0.3) is 21.6 Å². The molecule has 0 spiro atoms. The summed E-state index contributed by atoms with van der Waals surface area (Å²) in [6, 6.07) is 8.30. The first-order chi connectivity index (χ1) is 12.6. The summed E-state index contributed by atoms with van der Waals surface area (Å²) in [6.07, 6.45) is 0. The van der Waals surface area contributed by atoms with Crippen molar-refractivity contribution in [2.75, 3.05) is 5.32 Å². The van der Waals surface area contributed by atoms with Gasteiger partial charge in [-0.25, -0.2) is 12.7 Å². The molecule has 1 atom stereocenters. The van der Waals surface area contributed by atoms with E-state index in [0.717, 1.165) is 0 Å². The minimum Gasteiger partial charge on any atom is -0.324 e. The van der Waals surface area contributed by atoms with Gasteiger partial charge in [0, 0.05) is 17.8 Å². The Hall–Kier alpha value is -3.27. The van der Waals surface area contributed by atoms with Crippen molar-refractivity contribution in [3.05, 3.63) is 63.7 Å². The van der Waals surface area contributed by atoms with Crippen LogP contribution < -0.4 is 5.32 Å². The third kappa shape index (κ3) is 3.04. The number of aryl methyl sites for hydroxylation is 1. The summed E-state index contributed by atoms with van der Waals surface area (Å²) in [6.45, 7) is 2.87. The molecule has 0 unspecified atom stereocenters. The molecule has 140 valence electrons. The summed E-state index contributed by atoms with van der Waals surface area (Å²) in [5, 5.41) is 13.3. The summed E-state index contributed by atoms with van der Waals surface area (Å²) < 4.78 is 25.8. The lowest BCUT2D eigenvalue weighted by atomic mass is 10.1. The number of nitro benzene ring substituents is 1. The van der Waals surface area contributed by atoms with E-state index in [1.165, 1.54) is 43.3 Å². The SMILES string of the molecule is Cc1cc([N+](=O)[O-])ccc1NC(=O)[C@H](C)N1C(=O)c2ccccc2S1(=O)=O. The molecule has 1 N–H and O–H groups in total. The molecule has 1 aliphatic rings. The fourth-order valence-electron chi connectivity index (χ4n) is 2.83. The van der Waals surface area contributed by atoms with Gasteiger partial charge in [0.2, 0.25) is 5.91 Å². The highest BCUT2D eigenvalue weighted by molar-refractivity contribution is 7.90. The fourth-order valence-corrected chi connectivity index (χ4v) is 4.56. The van der Waals surface area contributed by atoms with Crippen LogP contribution in [0.25, 0.3) is 0 Å². The van der Waals surface area contributed by atoms with Crippen LogP contribution in [0.1, 0.15) is 22.8 Å². The van der Waals surface area contributed by atoms with Crippen LogP contribution in [0.15, 0.2) is 47.4 Å². The molecule has 0 aromatic heterocycles. The predicted octanol–water partition coefficient (Wildman–Crippen LogP) is 2.07. The average Bonchev–Trinajstić information content (AvgIpc) is 2.82. The van der Waals surface area contributed by atoms with Crippen LogP contribution in [-0.4, -0.2) is 35.5 Å². The Bertz CT molecular complexity index is 1080. The molecule has 27 heavy (non-hydrogen) atoms. The predicted molar refractivity (Wildman–Crippen MR) is 95.7 cm³/mol. The van der Waals surface area contributed by atoms with Gasteiger partial charge in [-0.3, -0.25) is 19.7 Å². The number of carbonyl (C=O) groups is 2. The Morgan fingerprint density at radius 1 is 1.22 bits per heavy atom. The molecule has 9 nitrogen and oxygen atoms in total. The van der Waals surface area contributed by atoms with Gasteiger partial charge in [0.1, 0.15) is 10.9 Å². The van der Waals surface area contributed by atoms with E-state index in [1.807, 2.05) is 0 Å². The van der Waals surface area contributed by atoms with Crippen molar-refractivity contribution in [2.24, 2.45) is 0 Å². The minimum atomic E-state index is -4.13. The number of non-ortho nitro benzene ring substituents is 1. The summed E-state index contributed by atoms with van der Waals surface area (Å²) in [5.74, 6) is -1.50. The highest BCUT2D eigenvalue weighted by atomic mass is 32.2. The maximum absolute atomic E-state index is 12.6. The van der Waals surface area contributed by atoms with Crippen LogP contribution in [0.5, 0.6) is 0 Å². The number of rotatable bonds is 4. The molecule has 0 saturated carbocycles. The average molecular weight is 389 g/mol. The summed E-state index contributed by atoms with van der Waals surface area (Å²) in [7, 11) is -4.13. The van der Waals surface area contributed by atoms with Crippen molar-refractivity contribution in [2.45, 2.75) is 24.8 Å². The second-order valence-electron chi connectivity index (χ2n) is 6.02. The van der Waals surface area contributed by atoms with Crippen LogP contribution in [0.2, 0.25) is 0 Å². The van der Waals surface area contributed by atoms with Crippen molar-refractivity contribution >= 4 is 33.2 Å². The van der Waals surface area contributed by atoms with Crippen LogP contribution in [-0.2, 0) is 14.8 Å². The Morgan fingerprint density at radius 3 is 2.48 bits per heavy atom. The number of fused-ring (bicyclic) bond motifs is 1. The van der Waals surface area contributed by atoms with Gasteiger partial charge in [-0.15, -0.1) is 0 Å². The smallest absolute Gasteiger partial charge is 0.269 e. The van der Waals surface area contributed by atoms with Crippen molar-refractivity contribution in [3.63, 3.8) is 0 Å². The first-order valence-corrected chi connectivity index (χ1v) is 9.32. The summed E-state index contributed by atoms with van der Waals surface area (Å²) >= 11 is 0. The zero-order valence-electron chi connectivity index (χ0n) is 14.4. The van der Waals surface area contributed by atoms with E-state index in [9.17, 15) is 28.1 Å². The molecule has 1 heterocycles. The highest BCUT2D eigenvalue weighted by Gasteiger charge is 2.45. The Balaban J connectivity index is 1.87. The van der Waals surface area contributed by atoms with E-state index < -0.39 is 32.8 Å². The lowest BCUT2D eigenvalue weighted by molar-refractivity contribution is -0.384. The molecule has 0 aliphatic carbocycles. The number of nitrogens with one attached hydrogen (secondary N) is 1. The molecule has 2 amide bonds. The maximum atomic E-state index is 12.6. The summed E-state index contributed by atoms with van der Waals surface area (Å²) in [4.78, 5) is 35.1. The second kappa shape index (κ2) is 6.47. The lowest BCUT2D eigenvalue weighted by Gasteiger charge is -2.22. The molecule has 1 aliphatic heterocycles. The second-order valence-corrected chi connectivity index (χ2v) is 7.81. The molecule has 0 radical (unpaired) electrons. The van der Waals surface area contributed by atoms with Gasteiger partial charge in [-0.1, -0.05) is 12.1 Å². The van der Waals surface area contributed by atoms with Crippen molar-refractivity contribution in [1.82, 2.24) is 4.31 Å². The number of carbonyl (C=O) groups excluding carboxylic acids is 2. The first kappa shape index (κ1) is 18.5. The van der Waals surface area contributed by atoms with E-state index in [2.05, 4.69) is 5.32 Å². The fraction of sp³-hybridized carbons (Fsp3) is 0.176. The summed E-state index contributed by atoms with van der Waals surface area (Å²) in [5.41, 5.74) is 0.609. The highest BCUT2D eigenvalue weighted by Crippen LogP contribution is 2.32. The van der Waals surface area contributed by atoms with Crippen LogP contribution >= 0.6 is 0 Å². The molecule has 2 aromatic carbocycles. The number of amides is 2. The van der Waals surface area contributed by atoms with Gasteiger partial charge in [-0.2, -0.15) is 0 Å². The van der Waals surface area contributed by atoms with Crippen molar-refractivity contribution in [3.8, 4) is 0 Å². The van der Waals surface area contributed by atoms with Crippen LogP contribution in [0.4, 0.5) is 11.4 Å². The van der Waals surface area contributed by atoms with Gasteiger partial charge in [-0.05, 0) is 37.6 Å². The third-order valence-electron chi connectivity index (χ3n) is 4.26. The topological polar surface area (TPSA) is 127 Å². The van der Waals surface area contributed by atoms with E-state index in [4.69, 9.17) is 0 Å². The molecule has 0 fully saturated rings. The normalized spacial score (nSPS) is 15.9. The number of hydrogen-bond donors (Lipinski definition) is 1. The van der Waals surface area contributed by atoms with Gasteiger partial charge in [0.15, 0.2) is 0 Å².